The second kappa shape index (κ2) is 10.9. The number of urea groups is 1. The number of nitrogens with one attached hydrogen (secondary N) is 1. The van der Waals surface area contributed by atoms with Gasteiger partial charge in [-0.15, -0.1) is 0 Å². The Bertz CT molecular complexity index is 593. The lowest BCUT2D eigenvalue weighted by atomic mass is 10.0. The van der Waals surface area contributed by atoms with Crippen LogP contribution >= 0.6 is 0 Å². The third-order valence-corrected chi connectivity index (χ3v) is 5.14. The first-order chi connectivity index (χ1) is 13.0. The molecule has 1 saturated heterocycles. The molecule has 1 aliphatic rings. The van der Waals surface area contributed by atoms with Crippen molar-refractivity contribution in [2.24, 2.45) is 5.73 Å². The van der Waals surface area contributed by atoms with E-state index in [2.05, 4.69) is 48.3 Å². The van der Waals surface area contributed by atoms with Gasteiger partial charge < -0.3 is 16.0 Å². The highest BCUT2D eigenvalue weighted by molar-refractivity contribution is 5.76. The van der Waals surface area contributed by atoms with Crippen LogP contribution in [0.5, 0.6) is 0 Å². The highest BCUT2D eigenvalue weighted by Crippen LogP contribution is 2.16. The van der Waals surface area contributed by atoms with E-state index in [-0.39, 0.29) is 5.91 Å². The number of amides is 3. The minimum atomic E-state index is -0.486. The number of benzene rings is 1. The lowest BCUT2D eigenvalue weighted by molar-refractivity contribution is -0.133. The molecule has 3 amide bonds. The van der Waals surface area contributed by atoms with E-state index in [1.54, 1.807) is 0 Å². The van der Waals surface area contributed by atoms with E-state index in [0.29, 0.717) is 18.9 Å². The monoisotopic (exact) mass is 374 g/mol. The fraction of sp³-hybridized carbons (Fsp3) is 0.619. The Labute approximate surface area is 163 Å². The number of hydrogen-bond acceptors (Lipinski definition) is 3. The van der Waals surface area contributed by atoms with Crippen molar-refractivity contribution in [2.45, 2.75) is 52.0 Å². The van der Waals surface area contributed by atoms with Crippen LogP contribution in [0.2, 0.25) is 0 Å². The molecule has 6 nitrogen and oxygen atoms in total. The molecule has 1 aromatic carbocycles. The standard InChI is InChI=1S/C21H34N4O2/c1-17(2)19-9-7-18(8-10-19)16-24-12-14-25(15-13-24)20(26)6-4-3-5-11-23-21(22)27/h7-10,17H,3-6,11-16H2,1-2H3,(H3,22,23,27). The molecule has 0 spiro atoms. The summed E-state index contributed by atoms with van der Waals surface area (Å²) in [5, 5.41) is 2.57. The van der Waals surface area contributed by atoms with E-state index in [1.807, 2.05) is 4.90 Å². The van der Waals surface area contributed by atoms with Gasteiger partial charge in [-0.2, -0.15) is 0 Å². The van der Waals surface area contributed by atoms with E-state index in [1.165, 1.54) is 11.1 Å². The highest BCUT2D eigenvalue weighted by Gasteiger charge is 2.20. The summed E-state index contributed by atoms with van der Waals surface area (Å²) in [6, 6.07) is 8.40. The summed E-state index contributed by atoms with van der Waals surface area (Å²) in [6.07, 6.45) is 3.24. The molecule has 0 radical (unpaired) electrons. The molecule has 150 valence electrons. The molecule has 0 unspecified atom stereocenters. The second-order valence-electron chi connectivity index (χ2n) is 7.65. The molecule has 3 N–H and O–H groups in total. The number of rotatable bonds is 9. The number of hydrogen-bond donors (Lipinski definition) is 2. The molecule has 2 rings (SSSR count). The third kappa shape index (κ3) is 7.59. The van der Waals surface area contributed by atoms with Gasteiger partial charge in [0.2, 0.25) is 5.91 Å². The maximum absolute atomic E-state index is 12.3. The lowest BCUT2D eigenvalue weighted by Gasteiger charge is -2.35. The van der Waals surface area contributed by atoms with Gasteiger partial charge in [0.05, 0.1) is 0 Å². The predicted molar refractivity (Wildman–Crippen MR) is 108 cm³/mol. The Morgan fingerprint density at radius 1 is 1.04 bits per heavy atom. The van der Waals surface area contributed by atoms with Crippen molar-refractivity contribution in [2.75, 3.05) is 32.7 Å². The molecule has 6 heteroatoms. The SMILES string of the molecule is CC(C)c1ccc(CN2CCN(C(=O)CCCCCNC(N)=O)CC2)cc1. The molecule has 0 saturated carbocycles. The van der Waals surface area contributed by atoms with Gasteiger partial charge in [-0.05, 0) is 29.9 Å². The van der Waals surface area contributed by atoms with Gasteiger partial charge in [-0.3, -0.25) is 9.69 Å². The first-order valence-electron chi connectivity index (χ1n) is 10.1. The van der Waals surface area contributed by atoms with Crippen molar-refractivity contribution >= 4 is 11.9 Å². The quantitative estimate of drug-likeness (QED) is 0.652. The first-order valence-corrected chi connectivity index (χ1v) is 10.1. The summed E-state index contributed by atoms with van der Waals surface area (Å²) >= 11 is 0. The number of primary amides is 1. The zero-order chi connectivity index (χ0) is 19.6. The maximum atomic E-state index is 12.3. The molecule has 0 atom stereocenters. The number of nitrogens with zero attached hydrogens (tertiary/aromatic N) is 2. The highest BCUT2D eigenvalue weighted by atomic mass is 16.2. The van der Waals surface area contributed by atoms with E-state index in [9.17, 15) is 9.59 Å². The van der Waals surface area contributed by atoms with Crippen LogP contribution in [0.25, 0.3) is 0 Å². The van der Waals surface area contributed by atoms with Gasteiger partial charge >= 0.3 is 6.03 Å². The number of nitrogens with two attached hydrogens (primary N) is 1. The minimum Gasteiger partial charge on any atom is -0.352 e. The maximum Gasteiger partial charge on any atom is 0.312 e. The summed E-state index contributed by atoms with van der Waals surface area (Å²) in [5.74, 6) is 0.812. The van der Waals surface area contributed by atoms with Gasteiger partial charge in [-0.25, -0.2) is 4.79 Å². The Morgan fingerprint density at radius 2 is 1.70 bits per heavy atom. The van der Waals surface area contributed by atoms with Crippen molar-refractivity contribution in [3.8, 4) is 0 Å². The lowest BCUT2D eigenvalue weighted by Crippen LogP contribution is -2.48. The average molecular weight is 375 g/mol. The Kier molecular flexibility index (Phi) is 8.58. The van der Waals surface area contributed by atoms with Crippen LogP contribution in [0.4, 0.5) is 4.79 Å². The predicted octanol–water partition coefficient (Wildman–Crippen LogP) is 2.68. The number of carbonyl (C=O) groups is 2. The summed E-state index contributed by atoms with van der Waals surface area (Å²) in [5.41, 5.74) is 7.73. The largest absolute Gasteiger partial charge is 0.352 e. The summed E-state index contributed by atoms with van der Waals surface area (Å²) in [6.45, 7) is 9.44. The smallest absolute Gasteiger partial charge is 0.312 e. The van der Waals surface area contributed by atoms with Crippen molar-refractivity contribution in [3.63, 3.8) is 0 Å². The van der Waals surface area contributed by atoms with Crippen LogP contribution in [0.3, 0.4) is 0 Å². The molecule has 27 heavy (non-hydrogen) atoms. The van der Waals surface area contributed by atoms with Crippen LogP contribution in [0.15, 0.2) is 24.3 Å². The summed E-state index contributed by atoms with van der Waals surface area (Å²) < 4.78 is 0. The van der Waals surface area contributed by atoms with Gasteiger partial charge in [0.1, 0.15) is 0 Å². The topological polar surface area (TPSA) is 78.7 Å². The first kappa shape index (κ1) is 21.2. The van der Waals surface area contributed by atoms with Gasteiger partial charge in [0.15, 0.2) is 0 Å². The second-order valence-corrected chi connectivity index (χ2v) is 7.65. The Balaban J connectivity index is 1.62. The molecule has 1 fully saturated rings. The fourth-order valence-corrected chi connectivity index (χ4v) is 3.37. The van der Waals surface area contributed by atoms with Crippen LogP contribution in [-0.4, -0.2) is 54.5 Å². The Morgan fingerprint density at radius 3 is 2.30 bits per heavy atom. The van der Waals surface area contributed by atoms with Gasteiger partial charge in [0, 0.05) is 45.7 Å². The zero-order valence-electron chi connectivity index (χ0n) is 16.7. The van der Waals surface area contributed by atoms with Crippen molar-refractivity contribution in [3.05, 3.63) is 35.4 Å². The summed E-state index contributed by atoms with van der Waals surface area (Å²) in [7, 11) is 0. The molecule has 1 aromatic rings. The minimum absolute atomic E-state index is 0.249. The van der Waals surface area contributed by atoms with Gasteiger partial charge in [0.25, 0.3) is 0 Å². The Hall–Kier alpha value is -2.08. The molecule has 1 heterocycles. The molecular weight excluding hydrogens is 340 g/mol. The van der Waals surface area contributed by atoms with E-state index in [4.69, 9.17) is 5.73 Å². The number of carbonyl (C=O) groups excluding carboxylic acids is 2. The van der Waals surface area contributed by atoms with Gasteiger partial charge in [-0.1, -0.05) is 44.5 Å². The molecule has 0 aliphatic carbocycles. The number of piperazine rings is 1. The molecule has 1 aliphatic heterocycles. The third-order valence-electron chi connectivity index (χ3n) is 5.14. The van der Waals surface area contributed by atoms with Crippen LogP contribution < -0.4 is 11.1 Å². The number of unbranched alkanes of at least 4 members (excludes halogenated alkanes) is 2. The van der Waals surface area contributed by atoms with Crippen LogP contribution in [0.1, 0.15) is 56.6 Å². The zero-order valence-corrected chi connectivity index (χ0v) is 16.7. The van der Waals surface area contributed by atoms with Crippen molar-refractivity contribution in [1.29, 1.82) is 0 Å². The summed E-state index contributed by atoms with van der Waals surface area (Å²) in [4.78, 5) is 27.3. The van der Waals surface area contributed by atoms with Crippen molar-refractivity contribution < 1.29 is 9.59 Å². The normalized spacial score (nSPS) is 15.1. The average Bonchev–Trinajstić information content (AvgIpc) is 2.65. The van der Waals surface area contributed by atoms with Crippen LogP contribution in [-0.2, 0) is 11.3 Å². The van der Waals surface area contributed by atoms with E-state index >= 15 is 0 Å². The van der Waals surface area contributed by atoms with E-state index in [0.717, 1.165) is 52.0 Å². The van der Waals surface area contributed by atoms with Crippen LogP contribution in [0, 0.1) is 0 Å². The van der Waals surface area contributed by atoms with Crippen molar-refractivity contribution in [1.82, 2.24) is 15.1 Å². The van der Waals surface area contributed by atoms with E-state index < -0.39 is 6.03 Å². The molecule has 0 aromatic heterocycles. The fourth-order valence-electron chi connectivity index (χ4n) is 3.37. The molecule has 0 bridgehead atoms. The molecular formula is C21H34N4O2.